The quantitative estimate of drug-likeness (QED) is 0.0311. The fraction of sp³-hybridized carbons (Fsp3) is 0.804. The van der Waals surface area contributed by atoms with Crippen LogP contribution in [0.4, 0.5) is 19.8 Å². The number of nitrogens with two attached hydrogens (primary N) is 1. The first-order chi connectivity index (χ1) is 28.8. The molecule has 0 aromatic carbocycles. The number of hydrogen-bond acceptors (Lipinski definition) is 11. The first-order valence-corrected chi connectivity index (χ1v) is 23.3. The zero-order valence-corrected chi connectivity index (χ0v) is 36.5. The second-order valence-corrected chi connectivity index (χ2v) is 16.3. The van der Waals surface area contributed by atoms with E-state index >= 15 is 0 Å². The first-order valence-electron chi connectivity index (χ1n) is 23.3. The van der Waals surface area contributed by atoms with Gasteiger partial charge in [-0.25, -0.2) is 14.6 Å². The Morgan fingerprint density at radius 1 is 0.729 bits per heavy atom. The second-order valence-electron chi connectivity index (χ2n) is 16.3. The number of aromatic nitrogens is 4. The fourth-order valence-corrected chi connectivity index (χ4v) is 7.73. The maximum absolute atomic E-state index is 14.2. The monoisotopic (exact) mass is 830 g/mol. The molecule has 2 aromatic rings. The minimum absolute atomic E-state index is 0.00655. The third-order valence-electron chi connectivity index (χ3n) is 11.3. The number of nitrogen functional groups attached to an aromatic ring is 1. The Balaban J connectivity index is 1.39. The van der Waals surface area contributed by atoms with Gasteiger partial charge in [0.15, 0.2) is 23.1 Å². The van der Waals surface area contributed by atoms with Gasteiger partial charge in [0, 0.05) is 6.42 Å². The van der Waals surface area contributed by atoms with Gasteiger partial charge in [-0.1, -0.05) is 187 Å². The van der Waals surface area contributed by atoms with Gasteiger partial charge in [0.2, 0.25) is 5.60 Å². The number of ether oxygens (including phenoxy) is 5. The average Bonchev–Trinajstić information content (AvgIpc) is 3.81. The molecule has 0 spiro atoms. The molecule has 0 radical (unpaired) electrons. The van der Waals surface area contributed by atoms with Gasteiger partial charge < -0.3 is 29.4 Å². The van der Waals surface area contributed by atoms with Crippen molar-refractivity contribution in [3.8, 4) is 12.3 Å². The van der Waals surface area contributed by atoms with Gasteiger partial charge in [-0.15, -0.1) is 6.42 Å². The van der Waals surface area contributed by atoms with Crippen LogP contribution in [-0.2, 0) is 23.7 Å². The van der Waals surface area contributed by atoms with Crippen molar-refractivity contribution in [2.75, 3.05) is 25.6 Å². The lowest BCUT2D eigenvalue weighted by atomic mass is 9.98. The van der Waals surface area contributed by atoms with Crippen LogP contribution in [0.1, 0.15) is 206 Å². The summed E-state index contributed by atoms with van der Waals surface area (Å²) < 4.78 is 43.8. The first kappa shape index (κ1) is 49.7. The van der Waals surface area contributed by atoms with E-state index in [4.69, 9.17) is 35.8 Å². The summed E-state index contributed by atoms with van der Waals surface area (Å²) in [5.41, 5.74) is 4.40. The lowest BCUT2D eigenvalue weighted by Crippen LogP contribution is -2.45. The molecule has 0 amide bonds. The molecule has 2 aromatic heterocycles. The smallest absolute Gasteiger partial charge is 0.434 e. The number of rotatable bonds is 34. The van der Waals surface area contributed by atoms with E-state index in [0.717, 1.165) is 38.5 Å². The minimum atomic E-state index is -1.71. The van der Waals surface area contributed by atoms with E-state index in [0.29, 0.717) is 6.42 Å². The molecule has 1 aliphatic heterocycles. The Morgan fingerprint density at radius 2 is 1.17 bits per heavy atom. The number of anilines is 1. The lowest BCUT2D eigenvalue weighted by molar-refractivity contribution is -0.105. The summed E-state index contributed by atoms with van der Waals surface area (Å²) in [7, 11) is 0. The van der Waals surface area contributed by atoms with Crippen LogP contribution in [0, 0.1) is 18.4 Å². The lowest BCUT2D eigenvalue weighted by Gasteiger charge is -2.28. The SMILES string of the molecule is C#C[C@]1(COC(=O)OCCCCCCCCCCCCCCCC)O[C@@H](n2cnc3c(N)nc(F)nc32)C[C@@H]1OC(=O)OCCCCCCCCCCCCCCCC. The molecular formula is C46H76FN5O7. The molecule has 3 heterocycles. The predicted molar refractivity (Wildman–Crippen MR) is 230 cm³/mol. The Labute approximate surface area is 354 Å². The number of carbonyl (C=O) groups is 2. The van der Waals surface area contributed by atoms with Crippen molar-refractivity contribution in [2.45, 2.75) is 218 Å². The van der Waals surface area contributed by atoms with E-state index in [1.165, 1.54) is 146 Å². The zero-order chi connectivity index (χ0) is 42.4. The highest BCUT2D eigenvalue weighted by Crippen LogP contribution is 2.40. The number of carbonyl (C=O) groups excluding carboxylic acids is 2. The highest BCUT2D eigenvalue weighted by Gasteiger charge is 2.53. The maximum atomic E-state index is 14.2. The molecule has 1 fully saturated rings. The molecule has 3 atom stereocenters. The number of fused-ring (bicyclic) bond motifs is 1. The summed E-state index contributed by atoms with van der Waals surface area (Å²) in [4.78, 5) is 37.2. The zero-order valence-electron chi connectivity index (χ0n) is 36.5. The number of nitrogens with zero attached hydrogens (tertiary/aromatic N) is 4. The van der Waals surface area contributed by atoms with E-state index < -0.39 is 42.9 Å². The van der Waals surface area contributed by atoms with Gasteiger partial charge in [0.1, 0.15) is 12.8 Å². The van der Waals surface area contributed by atoms with Crippen molar-refractivity contribution in [1.29, 1.82) is 0 Å². The highest BCUT2D eigenvalue weighted by molar-refractivity contribution is 5.81. The van der Waals surface area contributed by atoms with E-state index in [9.17, 15) is 14.0 Å². The molecule has 13 heteroatoms. The molecule has 12 nitrogen and oxygen atoms in total. The van der Waals surface area contributed by atoms with Gasteiger partial charge in [-0.05, 0) is 12.8 Å². The van der Waals surface area contributed by atoms with Crippen LogP contribution in [0.25, 0.3) is 11.2 Å². The summed E-state index contributed by atoms with van der Waals surface area (Å²) in [6, 6.07) is 0. The Hall–Kier alpha value is -3.66. The van der Waals surface area contributed by atoms with E-state index in [-0.39, 0.29) is 36.6 Å². The number of unbranched alkanes of at least 4 members (excludes halogenated alkanes) is 26. The van der Waals surface area contributed by atoms with Crippen LogP contribution in [-0.4, -0.2) is 63.4 Å². The summed E-state index contributed by atoms with van der Waals surface area (Å²) in [6.45, 7) is 4.44. The van der Waals surface area contributed by atoms with Crippen molar-refractivity contribution in [3.05, 3.63) is 12.4 Å². The van der Waals surface area contributed by atoms with Crippen molar-refractivity contribution in [3.63, 3.8) is 0 Å². The molecule has 3 rings (SSSR count). The number of terminal acetylenes is 1. The van der Waals surface area contributed by atoms with Gasteiger partial charge in [-0.3, -0.25) is 4.57 Å². The Bertz CT molecular complexity index is 1490. The Morgan fingerprint density at radius 3 is 1.63 bits per heavy atom. The van der Waals surface area contributed by atoms with E-state index in [1.54, 1.807) is 0 Å². The van der Waals surface area contributed by atoms with Crippen LogP contribution >= 0.6 is 0 Å². The van der Waals surface area contributed by atoms with E-state index in [2.05, 4.69) is 34.7 Å². The third-order valence-corrected chi connectivity index (χ3v) is 11.3. The number of imidazole rings is 1. The molecule has 1 aliphatic rings. The molecule has 0 bridgehead atoms. The van der Waals surface area contributed by atoms with Gasteiger partial charge in [-0.2, -0.15) is 14.4 Å². The van der Waals surface area contributed by atoms with Crippen LogP contribution in [0.3, 0.4) is 0 Å². The van der Waals surface area contributed by atoms with Crippen LogP contribution in [0.15, 0.2) is 6.33 Å². The molecular weight excluding hydrogens is 754 g/mol. The van der Waals surface area contributed by atoms with Crippen molar-refractivity contribution in [2.24, 2.45) is 0 Å². The van der Waals surface area contributed by atoms with Crippen molar-refractivity contribution in [1.82, 2.24) is 19.5 Å². The summed E-state index contributed by atoms with van der Waals surface area (Å²) in [6.07, 6.45) is 36.7. The van der Waals surface area contributed by atoms with Gasteiger partial charge >= 0.3 is 18.4 Å². The Kier molecular flexibility index (Phi) is 25.6. The molecule has 0 saturated carbocycles. The number of hydrogen-bond donors (Lipinski definition) is 1. The van der Waals surface area contributed by atoms with Crippen LogP contribution < -0.4 is 5.73 Å². The fourth-order valence-electron chi connectivity index (χ4n) is 7.73. The summed E-state index contributed by atoms with van der Waals surface area (Å²) in [5.74, 6) is 2.40. The largest absolute Gasteiger partial charge is 0.508 e. The van der Waals surface area contributed by atoms with Crippen LogP contribution in [0.5, 0.6) is 0 Å². The van der Waals surface area contributed by atoms with Gasteiger partial charge in [0.25, 0.3) is 0 Å². The second kappa shape index (κ2) is 30.4. The summed E-state index contributed by atoms with van der Waals surface area (Å²) >= 11 is 0. The third kappa shape index (κ3) is 19.5. The summed E-state index contributed by atoms with van der Waals surface area (Å²) in [5, 5.41) is 0. The average molecular weight is 830 g/mol. The predicted octanol–water partition coefficient (Wildman–Crippen LogP) is 12.5. The topological polar surface area (TPSA) is 150 Å². The van der Waals surface area contributed by atoms with Crippen molar-refractivity contribution < 1.29 is 37.7 Å². The van der Waals surface area contributed by atoms with E-state index in [1.807, 2.05) is 0 Å². The molecule has 0 unspecified atom stereocenters. The molecule has 59 heavy (non-hydrogen) atoms. The number of halogens is 1. The van der Waals surface area contributed by atoms with Gasteiger partial charge in [0.05, 0.1) is 19.5 Å². The standard InChI is InChI=1S/C46H76FN5O7/c1-4-7-9-11-13-15-17-19-21-23-25-27-29-31-33-55-44(53)57-36-46(6-3)38(35-39(59-46)52-37-49-40-41(48)50-43(47)51-42(40)52)58-45(54)56-34-32-30-28-26-24-22-20-18-16-14-12-10-8-5-2/h3,37-39H,4-5,7-36H2,1-2H3,(H2,48,50,51)/t38-,39+,46+/m0/s1. The molecule has 0 aliphatic carbocycles. The molecule has 334 valence electrons. The molecule has 2 N–H and O–H groups in total. The maximum Gasteiger partial charge on any atom is 0.508 e. The minimum Gasteiger partial charge on any atom is -0.434 e. The highest BCUT2D eigenvalue weighted by atomic mass is 19.1. The van der Waals surface area contributed by atoms with Crippen molar-refractivity contribution >= 4 is 29.3 Å². The normalized spacial score (nSPS) is 17.6. The van der Waals surface area contributed by atoms with Crippen LogP contribution in [0.2, 0.25) is 0 Å². The molecule has 1 saturated heterocycles.